The molecule has 0 fully saturated rings. The van der Waals surface area contributed by atoms with Gasteiger partial charge in [-0.3, -0.25) is 4.79 Å². The lowest BCUT2D eigenvalue weighted by Gasteiger charge is -2.07. The minimum Gasteiger partial charge on any atom is -0.290 e. The van der Waals surface area contributed by atoms with Gasteiger partial charge in [0, 0.05) is 18.9 Å². The second kappa shape index (κ2) is 5.69. The van der Waals surface area contributed by atoms with Crippen LogP contribution >= 0.6 is 0 Å². The molecule has 2 rings (SSSR count). The van der Waals surface area contributed by atoms with Gasteiger partial charge in [-0.25, -0.2) is 19.6 Å². The molecular formula is C13H17N5O. The largest absolute Gasteiger partial charge is 0.290 e. The number of aromatic nitrogens is 5. The molecule has 0 aliphatic heterocycles. The molecule has 0 N–H and O–H groups in total. The van der Waals surface area contributed by atoms with Crippen LogP contribution in [0.3, 0.4) is 0 Å². The molecule has 2 heterocycles. The maximum Gasteiger partial charge on any atom is 0.207 e. The first-order valence-electron chi connectivity index (χ1n) is 6.24. The zero-order chi connectivity index (χ0) is 13.8. The Morgan fingerprint density at radius 3 is 2.58 bits per heavy atom. The average molecular weight is 259 g/mol. The van der Waals surface area contributed by atoms with Crippen molar-refractivity contribution in [3.8, 4) is 0 Å². The highest BCUT2D eigenvalue weighted by Gasteiger charge is 2.14. The Morgan fingerprint density at radius 2 is 1.95 bits per heavy atom. The Kier molecular flexibility index (Phi) is 3.99. The first kappa shape index (κ1) is 13.3. The highest BCUT2D eigenvalue weighted by molar-refractivity contribution is 5.93. The molecule has 0 spiro atoms. The number of hydrogen-bond donors (Lipinski definition) is 0. The van der Waals surface area contributed by atoms with E-state index in [0.29, 0.717) is 11.7 Å². The summed E-state index contributed by atoms with van der Waals surface area (Å²) in [5, 5.41) is 4.13. The minimum absolute atomic E-state index is 0.141. The SMILES string of the molecule is Cc1cnc(C(=O)Cc2ncnn2CC(C)C)nc1. The van der Waals surface area contributed by atoms with Crippen LogP contribution in [-0.4, -0.2) is 30.5 Å². The molecule has 0 aromatic carbocycles. The van der Waals surface area contributed by atoms with E-state index in [1.54, 1.807) is 17.1 Å². The second-order valence-corrected chi connectivity index (χ2v) is 4.94. The van der Waals surface area contributed by atoms with Crippen molar-refractivity contribution in [1.82, 2.24) is 24.7 Å². The van der Waals surface area contributed by atoms with Gasteiger partial charge in [0.05, 0.1) is 6.42 Å². The smallest absolute Gasteiger partial charge is 0.207 e. The quantitative estimate of drug-likeness (QED) is 0.760. The number of hydrogen-bond acceptors (Lipinski definition) is 5. The topological polar surface area (TPSA) is 73.6 Å². The maximum atomic E-state index is 12.1. The number of Topliss-reactive ketones (excluding diaryl/α,β-unsaturated/α-hetero) is 1. The Bertz CT molecular complexity index is 559. The molecule has 0 aliphatic carbocycles. The number of nitrogens with zero attached hydrogens (tertiary/aromatic N) is 5. The Labute approximate surface area is 111 Å². The third kappa shape index (κ3) is 3.43. The van der Waals surface area contributed by atoms with Gasteiger partial charge in [0.25, 0.3) is 0 Å². The third-order valence-corrected chi connectivity index (χ3v) is 2.58. The van der Waals surface area contributed by atoms with E-state index in [-0.39, 0.29) is 18.0 Å². The van der Waals surface area contributed by atoms with Gasteiger partial charge in [0.15, 0.2) is 5.82 Å². The van der Waals surface area contributed by atoms with Crippen molar-refractivity contribution >= 4 is 5.78 Å². The number of carbonyl (C=O) groups is 1. The molecule has 0 saturated carbocycles. The van der Waals surface area contributed by atoms with Crippen LogP contribution in [0.5, 0.6) is 0 Å². The van der Waals surface area contributed by atoms with Crippen molar-refractivity contribution in [2.75, 3.05) is 0 Å². The van der Waals surface area contributed by atoms with Gasteiger partial charge >= 0.3 is 0 Å². The van der Waals surface area contributed by atoms with Crippen LogP contribution in [-0.2, 0) is 13.0 Å². The zero-order valence-corrected chi connectivity index (χ0v) is 11.4. The fourth-order valence-corrected chi connectivity index (χ4v) is 1.68. The predicted molar refractivity (Wildman–Crippen MR) is 69.7 cm³/mol. The lowest BCUT2D eigenvalue weighted by Crippen LogP contribution is -2.15. The summed E-state index contributed by atoms with van der Waals surface area (Å²) in [5.74, 6) is 1.19. The Hall–Kier alpha value is -2.11. The van der Waals surface area contributed by atoms with Crippen LogP contribution in [0.25, 0.3) is 0 Å². The van der Waals surface area contributed by atoms with E-state index in [4.69, 9.17) is 0 Å². The standard InChI is InChI=1S/C13H17N5O/c1-9(2)7-18-12(16-8-17-18)4-11(19)13-14-5-10(3)6-15-13/h5-6,8-9H,4,7H2,1-3H3. The number of carbonyl (C=O) groups excluding carboxylic acids is 1. The molecule has 0 bridgehead atoms. The van der Waals surface area contributed by atoms with E-state index in [9.17, 15) is 4.79 Å². The van der Waals surface area contributed by atoms with Crippen LogP contribution in [0.2, 0.25) is 0 Å². The molecular weight excluding hydrogens is 242 g/mol. The number of ketones is 1. The summed E-state index contributed by atoms with van der Waals surface area (Å²) in [6.45, 7) is 6.82. The summed E-state index contributed by atoms with van der Waals surface area (Å²) in [6.07, 6.45) is 4.93. The summed E-state index contributed by atoms with van der Waals surface area (Å²) < 4.78 is 1.76. The first-order valence-corrected chi connectivity index (χ1v) is 6.24. The number of rotatable bonds is 5. The van der Waals surface area contributed by atoms with E-state index in [1.165, 1.54) is 6.33 Å². The normalized spacial score (nSPS) is 10.9. The summed E-state index contributed by atoms with van der Waals surface area (Å²) >= 11 is 0. The second-order valence-electron chi connectivity index (χ2n) is 4.94. The molecule has 0 unspecified atom stereocenters. The van der Waals surface area contributed by atoms with Crippen molar-refractivity contribution in [1.29, 1.82) is 0 Å². The summed E-state index contributed by atoms with van der Waals surface area (Å²) in [4.78, 5) is 24.2. The highest BCUT2D eigenvalue weighted by Crippen LogP contribution is 2.05. The maximum absolute atomic E-state index is 12.1. The molecule has 2 aromatic rings. The fraction of sp³-hybridized carbons (Fsp3) is 0.462. The molecule has 100 valence electrons. The summed E-state index contributed by atoms with van der Waals surface area (Å²) in [5.41, 5.74) is 0.930. The Balaban J connectivity index is 2.10. The summed E-state index contributed by atoms with van der Waals surface area (Å²) in [6, 6.07) is 0. The lowest BCUT2D eigenvalue weighted by atomic mass is 10.2. The van der Waals surface area contributed by atoms with Crippen LogP contribution in [0, 0.1) is 12.8 Å². The van der Waals surface area contributed by atoms with Gasteiger partial charge in [0.2, 0.25) is 5.78 Å². The molecule has 0 amide bonds. The highest BCUT2D eigenvalue weighted by atomic mass is 16.1. The molecule has 0 saturated heterocycles. The van der Waals surface area contributed by atoms with E-state index >= 15 is 0 Å². The molecule has 0 aliphatic rings. The van der Waals surface area contributed by atoms with Crippen molar-refractivity contribution in [2.24, 2.45) is 5.92 Å². The van der Waals surface area contributed by atoms with Crippen molar-refractivity contribution in [3.05, 3.63) is 35.9 Å². The lowest BCUT2D eigenvalue weighted by molar-refractivity contribution is 0.0979. The van der Waals surface area contributed by atoms with E-state index in [2.05, 4.69) is 33.9 Å². The van der Waals surface area contributed by atoms with Crippen LogP contribution in [0.1, 0.15) is 35.9 Å². The van der Waals surface area contributed by atoms with Gasteiger partial charge in [0.1, 0.15) is 12.2 Å². The van der Waals surface area contributed by atoms with E-state index < -0.39 is 0 Å². The van der Waals surface area contributed by atoms with Crippen LogP contribution in [0.4, 0.5) is 0 Å². The summed E-state index contributed by atoms with van der Waals surface area (Å²) in [7, 11) is 0. The molecule has 2 aromatic heterocycles. The van der Waals surface area contributed by atoms with Crippen LogP contribution < -0.4 is 0 Å². The van der Waals surface area contributed by atoms with Gasteiger partial charge < -0.3 is 0 Å². The third-order valence-electron chi connectivity index (χ3n) is 2.58. The molecule has 6 heteroatoms. The van der Waals surface area contributed by atoms with Gasteiger partial charge in [-0.05, 0) is 18.4 Å². The molecule has 0 atom stereocenters. The minimum atomic E-state index is -0.141. The first-order chi connectivity index (χ1) is 9.06. The van der Waals surface area contributed by atoms with Crippen molar-refractivity contribution < 1.29 is 4.79 Å². The van der Waals surface area contributed by atoms with E-state index in [1.807, 2.05) is 6.92 Å². The van der Waals surface area contributed by atoms with E-state index in [0.717, 1.165) is 12.1 Å². The number of aryl methyl sites for hydroxylation is 1. The van der Waals surface area contributed by atoms with Gasteiger partial charge in [-0.1, -0.05) is 13.8 Å². The molecule has 19 heavy (non-hydrogen) atoms. The average Bonchev–Trinajstić information content (AvgIpc) is 2.76. The monoisotopic (exact) mass is 259 g/mol. The molecule has 0 radical (unpaired) electrons. The zero-order valence-electron chi connectivity index (χ0n) is 11.4. The van der Waals surface area contributed by atoms with Crippen LogP contribution in [0.15, 0.2) is 18.7 Å². The molecule has 6 nitrogen and oxygen atoms in total. The van der Waals surface area contributed by atoms with Crippen molar-refractivity contribution in [3.63, 3.8) is 0 Å². The fourth-order valence-electron chi connectivity index (χ4n) is 1.68. The predicted octanol–water partition coefficient (Wildman–Crippen LogP) is 1.46. The van der Waals surface area contributed by atoms with Gasteiger partial charge in [-0.2, -0.15) is 5.10 Å². The van der Waals surface area contributed by atoms with Crippen molar-refractivity contribution in [2.45, 2.75) is 33.7 Å². The Morgan fingerprint density at radius 1 is 1.26 bits per heavy atom. The van der Waals surface area contributed by atoms with Gasteiger partial charge in [-0.15, -0.1) is 0 Å².